The molecule has 1 aromatic carbocycles. The third-order valence-corrected chi connectivity index (χ3v) is 5.71. The zero-order chi connectivity index (χ0) is 15.4. The Morgan fingerprint density at radius 3 is 2.82 bits per heavy atom. The highest BCUT2D eigenvalue weighted by Crippen LogP contribution is 2.35. The summed E-state index contributed by atoms with van der Waals surface area (Å²) in [5.41, 5.74) is 0.834. The third kappa shape index (κ3) is 3.21. The Kier molecular flexibility index (Phi) is 4.85. The monoisotopic (exact) mass is 323 g/mol. The van der Waals surface area contributed by atoms with Gasteiger partial charge in [0.15, 0.2) is 0 Å². The van der Waals surface area contributed by atoms with Crippen molar-refractivity contribution in [3.63, 3.8) is 0 Å². The molecule has 0 saturated carbocycles. The van der Waals surface area contributed by atoms with E-state index < -0.39 is 0 Å². The lowest BCUT2D eigenvalue weighted by Crippen LogP contribution is -2.57. The molecule has 120 valence electrons. The molecule has 2 aliphatic heterocycles. The minimum atomic E-state index is -0.326. The van der Waals surface area contributed by atoms with Crippen LogP contribution in [0.3, 0.4) is 0 Å². The van der Waals surface area contributed by atoms with E-state index in [1.54, 1.807) is 18.2 Å². The summed E-state index contributed by atoms with van der Waals surface area (Å²) >= 11 is 1.96. The molecule has 0 radical (unpaired) electrons. The smallest absolute Gasteiger partial charge is 0.292 e. The van der Waals surface area contributed by atoms with Gasteiger partial charge in [-0.3, -0.25) is 15.0 Å². The molecule has 2 fully saturated rings. The first kappa shape index (κ1) is 15.6. The van der Waals surface area contributed by atoms with Crippen LogP contribution in [-0.2, 0) is 4.74 Å². The summed E-state index contributed by atoms with van der Waals surface area (Å²) in [7, 11) is 0. The molecule has 0 aliphatic carbocycles. The van der Waals surface area contributed by atoms with Crippen LogP contribution in [0.25, 0.3) is 0 Å². The molecule has 2 saturated heterocycles. The normalized spacial score (nSPS) is 26.0. The van der Waals surface area contributed by atoms with Crippen molar-refractivity contribution in [2.24, 2.45) is 0 Å². The minimum Gasteiger partial charge on any atom is -0.379 e. The summed E-state index contributed by atoms with van der Waals surface area (Å²) in [6.45, 7) is 4.18. The van der Waals surface area contributed by atoms with Crippen molar-refractivity contribution in [2.45, 2.75) is 12.0 Å². The largest absolute Gasteiger partial charge is 0.379 e. The predicted molar refractivity (Wildman–Crippen MR) is 88.7 cm³/mol. The second-order valence-electron chi connectivity index (χ2n) is 5.75. The van der Waals surface area contributed by atoms with Gasteiger partial charge in [-0.15, -0.1) is 0 Å². The van der Waals surface area contributed by atoms with E-state index in [9.17, 15) is 10.1 Å². The van der Waals surface area contributed by atoms with E-state index in [1.807, 2.05) is 17.8 Å². The van der Waals surface area contributed by atoms with Crippen LogP contribution in [-0.4, -0.2) is 59.7 Å². The zero-order valence-corrected chi connectivity index (χ0v) is 13.3. The Labute approximate surface area is 134 Å². The molecule has 7 heteroatoms. The lowest BCUT2D eigenvalue weighted by molar-refractivity contribution is -0.384. The third-order valence-electron chi connectivity index (χ3n) is 4.47. The summed E-state index contributed by atoms with van der Waals surface area (Å²) in [6.07, 6.45) is 1.12. The van der Waals surface area contributed by atoms with E-state index in [2.05, 4.69) is 10.2 Å². The van der Waals surface area contributed by atoms with E-state index in [1.165, 1.54) is 0 Å². The van der Waals surface area contributed by atoms with Gasteiger partial charge in [0.25, 0.3) is 5.69 Å². The lowest BCUT2D eigenvalue weighted by atomic mass is 9.95. The first-order valence-corrected chi connectivity index (χ1v) is 8.75. The summed E-state index contributed by atoms with van der Waals surface area (Å²) < 4.78 is 5.46. The molecule has 2 heterocycles. The number of hydrogen-bond donors (Lipinski definition) is 1. The molecule has 2 aliphatic rings. The van der Waals surface area contributed by atoms with Crippen molar-refractivity contribution in [3.8, 4) is 0 Å². The highest BCUT2D eigenvalue weighted by Gasteiger charge is 2.40. The number of nitro groups is 1. The topological polar surface area (TPSA) is 67.6 Å². The van der Waals surface area contributed by atoms with Gasteiger partial charge in [-0.05, 0) is 18.2 Å². The molecule has 22 heavy (non-hydrogen) atoms. The number of nitrogens with one attached hydrogen (secondary N) is 1. The van der Waals surface area contributed by atoms with Crippen LogP contribution < -0.4 is 5.32 Å². The number of para-hydroxylation sites is 2. The van der Waals surface area contributed by atoms with Crippen LogP contribution in [0, 0.1) is 10.1 Å². The summed E-state index contributed by atoms with van der Waals surface area (Å²) in [6, 6.07) is 6.87. The maximum absolute atomic E-state index is 11.1. The number of rotatable bonds is 5. The standard InChI is InChI=1S/C15H21N3O3S/c19-18(20)14-4-2-1-3-13(14)16-11-15(5-10-22-12-15)17-6-8-21-9-7-17/h1-4,16H,5-12H2/t15-/m0/s1. The second-order valence-corrected chi connectivity index (χ2v) is 6.86. The summed E-state index contributed by atoms with van der Waals surface area (Å²) in [4.78, 5) is 13.3. The maximum Gasteiger partial charge on any atom is 0.292 e. The summed E-state index contributed by atoms with van der Waals surface area (Å²) in [5.74, 6) is 2.22. The highest BCUT2D eigenvalue weighted by molar-refractivity contribution is 7.99. The summed E-state index contributed by atoms with van der Waals surface area (Å²) in [5, 5.41) is 14.5. The zero-order valence-electron chi connectivity index (χ0n) is 12.5. The van der Waals surface area contributed by atoms with E-state index >= 15 is 0 Å². The van der Waals surface area contributed by atoms with Gasteiger partial charge in [-0.25, -0.2) is 0 Å². The minimum absolute atomic E-state index is 0.0815. The van der Waals surface area contributed by atoms with E-state index in [0.29, 0.717) is 5.69 Å². The van der Waals surface area contributed by atoms with Crippen molar-refractivity contribution in [1.29, 1.82) is 0 Å². The van der Waals surface area contributed by atoms with E-state index in [0.717, 1.165) is 50.8 Å². The van der Waals surface area contributed by atoms with E-state index in [4.69, 9.17) is 4.74 Å². The fraction of sp³-hybridized carbons (Fsp3) is 0.600. The van der Waals surface area contributed by atoms with Crippen molar-refractivity contribution in [3.05, 3.63) is 34.4 Å². The number of thioether (sulfide) groups is 1. The van der Waals surface area contributed by atoms with Gasteiger partial charge < -0.3 is 10.1 Å². The molecule has 0 spiro atoms. The molecule has 1 aromatic rings. The maximum atomic E-state index is 11.1. The Bertz CT molecular complexity index is 529. The van der Waals surface area contributed by atoms with Gasteiger partial charge >= 0.3 is 0 Å². The van der Waals surface area contributed by atoms with Crippen LogP contribution in [0.15, 0.2) is 24.3 Å². The molecule has 3 rings (SSSR count). The van der Waals surface area contributed by atoms with Crippen molar-refractivity contribution >= 4 is 23.1 Å². The van der Waals surface area contributed by atoms with Crippen molar-refractivity contribution in [1.82, 2.24) is 4.90 Å². The molecule has 1 N–H and O–H groups in total. The van der Waals surface area contributed by atoms with E-state index in [-0.39, 0.29) is 16.1 Å². The lowest BCUT2D eigenvalue weighted by Gasteiger charge is -2.43. The molecule has 0 aromatic heterocycles. The molecule has 0 bridgehead atoms. The molecule has 6 nitrogen and oxygen atoms in total. The fourth-order valence-electron chi connectivity index (χ4n) is 3.18. The number of nitro benzene ring substituents is 1. The van der Waals surface area contributed by atoms with Crippen LogP contribution in [0.2, 0.25) is 0 Å². The number of anilines is 1. The average Bonchev–Trinajstić information content (AvgIpc) is 3.04. The number of morpholine rings is 1. The SMILES string of the molecule is O=[N+]([O-])c1ccccc1NC[C@@]1(N2CCOCC2)CCSC1. The van der Waals surface area contributed by atoms with Gasteiger partial charge in [0.05, 0.1) is 18.1 Å². The molecular weight excluding hydrogens is 302 g/mol. The fourth-order valence-corrected chi connectivity index (χ4v) is 4.65. The Morgan fingerprint density at radius 1 is 1.36 bits per heavy atom. The van der Waals surface area contributed by atoms with Crippen LogP contribution in [0.5, 0.6) is 0 Å². The predicted octanol–water partition coefficient (Wildman–Crippen LogP) is 2.21. The van der Waals surface area contributed by atoms with Gasteiger partial charge in [0.1, 0.15) is 5.69 Å². The second kappa shape index (κ2) is 6.85. The highest BCUT2D eigenvalue weighted by atomic mass is 32.2. The molecule has 0 unspecified atom stereocenters. The van der Waals surface area contributed by atoms with Crippen LogP contribution in [0.4, 0.5) is 11.4 Å². The van der Waals surface area contributed by atoms with Gasteiger partial charge in [-0.2, -0.15) is 11.8 Å². The van der Waals surface area contributed by atoms with Crippen molar-refractivity contribution < 1.29 is 9.66 Å². The van der Waals surface area contributed by atoms with Crippen molar-refractivity contribution in [2.75, 3.05) is 49.7 Å². The van der Waals surface area contributed by atoms with Crippen LogP contribution >= 0.6 is 11.8 Å². The number of nitrogens with zero attached hydrogens (tertiary/aromatic N) is 2. The number of hydrogen-bond acceptors (Lipinski definition) is 6. The Morgan fingerprint density at radius 2 is 2.14 bits per heavy atom. The quantitative estimate of drug-likeness (QED) is 0.662. The van der Waals surface area contributed by atoms with Crippen LogP contribution in [0.1, 0.15) is 6.42 Å². The Balaban J connectivity index is 1.73. The first-order valence-electron chi connectivity index (χ1n) is 7.59. The number of ether oxygens (including phenoxy) is 1. The Hall–Kier alpha value is -1.31. The van der Waals surface area contributed by atoms with Gasteiger partial charge in [0.2, 0.25) is 0 Å². The van der Waals surface area contributed by atoms with Gasteiger partial charge in [-0.1, -0.05) is 12.1 Å². The molecule has 0 amide bonds. The average molecular weight is 323 g/mol. The number of benzene rings is 1. The first-order chi connectivity index (χ1) is 10.7. The molecule has 1 atom stereocenters. The van der Waals surface area contributed by atoms with Gasteiger partial charge in [0, 0.05) is 37.0 Å². The molecular formula is C15H21N3O3S.